The molecule has 1 N–H and O–H groups in total. The molecule has 264 valence electrons. The van der Waals surface area contributed by atoms with Crippen molar-refractivity contribution in [3.05, 3.63) is 162 Å². The van der Waals surface area contributed by atoms with E-state index in [0.29, 0.717) is 12.2 Å². The second-order valence-electron chi connectivity index (χ2n) is 13.3. The summed E-state index contributed by atoms with van der Waals surface area (Å²) in [5.74, 6) is 0.0961. The first-order valence-electron chi connectivity index (χ1n) is 17.9. The largest absolute Gasteiger partial charge is 0.467 e. The first kappa shape index (κ1) is 35.9. The summed E-state index contributed by atoms with van der Waals surface area (Å²) < 4.78 is 6.80. The van der Waals surface area contributed by atoms with Crippen molar-refractivity contribution in [3.8, 4) is 22.5 Å². The highest BCUT2D eigenvalue weighted by Gasteiger charge is 2.42. The minimum Gasteiger partial charge on any atom is -0.467 e. The topological polar surface area (TPSA) is 99.0 Å². The molecule has 0 bridgehead atoms. The normalized spacial score (nSPS) is 12.0. The third kappa shape index (κ3) is 7.71. The molecule has 1 atom stereocenters. The van der Waals surface area contributed by atoms with Gasteiger partial charge in [0.15, 0.2) is 5.82 Å². The van der Waals surface area contributed by atoms with Gasteiger partial charge in [0.1, 0.15) is 11.6 Å². The lowest BCUT2D eigenvalue weighted by Crippen LogP contribution is -2.44. The van der Waals surface area contributed by atoms with E-state index in [2.05, 4.69) is 120 Å². The van der Waals surface area contributed by atoms with Gasteiger partial charge in [-0.1, -0.05) is 160 Å². The van der Waals surface area contributed by atoms with Gasteiger partial charge in [-0.15, -0.1) is 5.10 Å². The number of hydrogen-bond acceptors (Lipinski definition) is 6. The molecular formula is C44H45N5O3. The summed E-state index contributed by atoms with van der Waals surface area (Å²) in [6.07, 6.45) is 3.93. The number of tetrazole rings is 1. The minimum atomic E-state index is -0.849. The first-order valence-corrected chi connectivity index (χ1v) is 17.9. The lowest BCUT2D eigenvalue weighted by atomic mass is 9.77. The van der Waals surface area contributed by atoms with Crippen LogP contribution in [0.2, 0.25) is 0 Å². The molecule has 52 heavy (non-hydrogen) atoms. The van der Waals surface area contributed by atoms with Gasteiger partial charge >= 0.3 is 5.97 Å². The Balaban J connectivity index is 1.24. The Morgan fingerprint density at radius 3 is 1.77 bits per heavy atom. The van der Waals surface area contributed by atoms with Crippen molar-refractivity contribution in [2.45, 2.75) is 57.5 Å². The number of aromatic nitrogens is 4. The minimum absolute atomic E-state index is 0.0344. The summed E-state index contributed by atoms with van der Waals surface area (Å²) in [6, 6.07) is 47.6. The standard InChI is InChI=1S/C44H45N5O3/c1-32(2)41(43(51)52-3)45-40(50)27-15-4-8-18-33-28-30-34(31-29-33)38-25-16-17-26-39(38)42-46-47-48-49(42)44(35-19-9-5-10-20-35,36-21-11-6-12-22-36)37-23-13-7-14-24-37/h5-7,9-14,16-17,19-26,28-32,41H,4,8,15,18,27H2,1-3H3,(H,45,50). The molecule has 6 aromatic rings. The maximum Gasteiger partial charge on any atom is 0.328 e. The van der Waals surface area contributed by atoms with Gasteiger partial charge in [-0.3, -0.25) is 4.79 Å². The zero-order chi connectivity index (χ0) is 36.3. The zero-order valence-electron chi connectivity index (χ0n) is 30.0. The molecule has 5 aromatic carbocycles. The van der Waals surface area contributed by atoms with E-state index < -0.39 is 17.6 Å². The van der Waals surface area contributed by atoms with Crippen LogP contribution >= 0.6 is 0 Å². The van der Waals surface area contributed by atoms with E-state index in [1.54, 1.807) is 0 Å². The third-order valence-electron chi connectivity index (χ3n) is 9.60. The van der Waals surface area contributed by atoms with Crippen molar-refractivity contribution >= 4 is 11.9 Å². The van der Waals surface area contributed by atoms with Crippen LogP contribution in [0.3, 0.4) is 0 Å². The van der Waals surface area contributed by atoms with Gasteiger partial charge < -0.3 is 10.1 Å². The first-order chi connectivity index (χ1) is 25.4. The van der Waals surface area contributed by atoms with Crippen molar-refractivity contribution in [1.29, 1.82) is 0 Å². The van der Waals surface area contributed by atoms with Gasteiger partial charge in [-0.05, 0) is 69.0 Å². The number of methoxy groups -OCH3 is 1. The van der Waals surface area contributed by atoms with Gasteiger partial charge in [-0.25, -0.2) is 9.48 Å². The fourth-order valence-electron chi connectivity index (χ4n) is 6.93. The van der Waals surface area contributed by atoms with Crippen molar-refractivity contribution in [3.63, 3.8) is 0 Å². The number of rotatable bonds is 15. The summed E-state index contributed by atoms with van der Waals surface area (Å²) in [7, 11) is 1.34. The highest BCUT2D eigenvalue weighted by Crippen LogP contribution is 2.43. The van der Waals surface area contributed by atoms with Crippen LogP contribution < -0.4 is 5.32 Å². The molecule has 0 saturated heterocycles. The Morgan fingerprint density at radius 2 is 1.23 bits per heavy atom. The van der Waals surface area contributed by atoms with Crippen LogP contribution in [0, 0.1) is 5.92 Å². The SMILES string of the molecule is COC(=O)C(NC(=O)CCCCCc1ccc(-c2ccccc2-c2nnnn2C(c2ccccc2)(c2ccccc2)c2ccccc2)cc1)C(C)C. The number of ether oxygens (including phenoxy) is 1. The molecule has 1 aromatic heterocycles. The molecule has 1 heterocycles. The fourth-order valence-corrected chi connectivity index (χ4v) is 6.93. The number of esters is 1. The van der Waals surface area contributed by atoms with Crippen LogP contribution in [0.15, 0.2) is 140 Å². The van der Waals surface area contributed by atoms with Crippen molar-refractivity contribution in [2.24, 2.45) is 5.92 Å². The van der Waals surface area contributed by atoms with Gasteiger partial charge in [0.2, 0.25) is 5.91 Å². The molecule has 0 aliphatic carbocycles. The molecule has 0 saturated carbocycles. The molecular weight excluding hydrogens is 647 g/mol. The Kier molecular flexibility index (Phi) is 11.7. The van der Waals surface area contributed by atoms with E-state index in [1.165, 1.54) is 12.7 Å². The number of carbonyl (C=O) groups is 2. The van der Waals surface area contributed by atoms with Gasteiger partial charge in [0, 0.05) is 12.0 Å². The Labute approximate surface area is 305 Å². The Hall–Kier alpha value is -5.89. The van der Waals surface area contributed by atoms with Crippen LogP contribution in [0.25, 0.3) is 22.5 Å². The quantitative estimate of drug-likeness (QED) is 0.0662. The van der Waals surface area contributed by atoms with E-state index >= 15 is 0 Å². The highest BCUT2D eigenvalue weighted by molar-refractivity contribution is 5.84. The number of hydrogen-bond donors (Lipinski definition) is 1. The summed E-state index contributed by atoms with van der Waals surface area (Å²) >= 11 is 0. The average molecular weight is 692 g/mol. The predicted molar refractivity (Wildman–Crippen MR) is 204 cm³/mol. The van der Waals surface area contributed by atoms with Crippen LogP contribution in [-0.2, 0) is 26.3 Å². The number of nitrogens with zero attached hydrogens (tertiary/aromatic N) is 4. The number of nitrogens with one attached hydrogen (secondary N) is 1. The molecule has 0 spiro atoms. The Morgan fingerprint density at radius 1 is 0.692 bits per heavy atom. The van der Waals surface area contributed by atoms with E-state index in [9.17, 15) is 9.59 Å². The van der Waals surface area contributed by atoms with Crippen LogP contribution in [0.1, 0.15) is 61.8 Å². The molecule has 0 aliphatic rings. The molecule has 8 nitrogen and oxygen atoms in total. The summed E-state index contributed by atoms with van der Waals surface area (Å²) in [5, 5.41) is 16.6. The maximum atomic E-state index is 12.5. The van der Waals surface area contributed by atoms with E-state index in [4.69, 9.17) is 15.0 Å². The number of unbranched alkanes of at least 4 members (excludes halogenated alkanes) is 2. The second kappa shape index (κ2) is 16.9. The second-order valence-corrected chi connectivity index (χ2v) is 13.3. The van der Waals surface area contributed by atoms with Gasteiger partial charge in [-0.2, -0.15) is 0 Å². The zero-order valence-corrected chi connectivity index (χ0v) is 30.0. The van der Waals surface area contributed by atoms with Crippen LogP contribution in [0.4, 0.5) is 0 Å². The summed E-state index contributed by atoms with van der Waals surface area (Å²) in [4.78, 5) is 24.4. The molecule has 0 radical (unpaired) electrons. The van der Waals surface area contributed by atoms with E-state index in [1.807, 2.05) is 48.9 Å². The monoisotopic (exact) mass is 691 g/mol. The van der Waals surface area contributed by atoms with Crippen molar-refractivity contribution in [2.75, 3.05) is 7.11 Å². The molecule has 0 fully saturated rings. The van der Waals surface area contributed by atoms with Crippen molar-refractivity contribution < 1.29 is 14.3 Å². The molecule has 8 heteroatoms. The number of aryl methyl sites for hydroxylation is 1. The molecule has 0 aliphatic heterocycles. The third-order valence-corrected chi connectivity index (χ3v) is 9.60. The fraction of sp³-hybridized carbons (Fsp3) is 0.250. The number of carbonyl (C=O) groups excluding carboxylic acids is 2. The maximum absolute atomic E-state index is 12.5. The summed E-state index contributed by atoms with van der Waals surface area (Å²) in [5.41, 5.74) is 6.55. The van der Waals surface area contributed by atoms with Crippen LogP contribution in [0.5, 0.6) is 0 Å². The summed E-state index contributed by atoms with van der Waals surface area (Å²) in [6.45, 7) is 3.78. The van der Waals surface area contributed by atoms with Crippen molar-refractivity contribution in [1.82, 2.24) is 25.5 Å². The number of amides is 1. The lowest BCUT2D eigenvalue weighted by Gasteiger charge is -2.36. The molecule has 1 unspecified atom stereocenters. The Bertz CT molecular complexity index is 1950. The van der Waals surface area contributed by atoms with Gasteiger partial charge in [0.25, 0.3) is 0 Å². The average Bonchev–Trinajstić information content (AvgIpc) is 3.68. The van der Waals surface area contributed by atoms with Gasteiger partial charge in [0.05, 0.1) is 7.11 Å². The van der Waals surface area contributed by atoms with E-state index in [0.717, 1.165) is 59.1 Å². The molecule has 6 rings (SSSR count). The van der Waals surface area contributed by atoms with E-state index in [-0.39, 0.29) is 11.8 Å². The highest BCUT2D eigenvalue weighted by atomic mass is 16.5. The smallest absolute Gasteiger partial charge is 0.328 e. The number of benzene rings is 5. The molecule has 1 amide bonds. The predicted octanol–water partition coefficient (Wildman–Crippen LogP) is 8.26. The lowest BCUT2D eigenvalue weighted by molar-refractivity contribution is -0.146. The van der Waals surface area contributed by atoms with Crippen LogP contribution in [-0.4, -0.2) is 45.2 Å².